The summed E-state index contributed by atoms with van der Waals surface area (Å²) in [7, 11) is 1.69. The third-order valence-electron chi connectivity index (χ3n) is 2.82. The van der Waals surface area contributed by atoms with Gasteiger partial charge in [0.1, 0.15) is 5.75 Å². The lowest BCUT2D eigenvalue weighted by Crippen LogP contribution is -2.28. The van der Waals surface area contributed by atoms with Gasteiger partial charge in [-0.05, 0) is 32.2 Å². The summed E-state index contributed by atoms with van der Waals surface area (Å²) in [5.41, 5.74) is -0.804. The van der Waals surface area contributed by atoms with Crippen LogP contribution in [0, 0.1) is 5.92 Å². The number of ether oxygens (including phenoxy) is 1. The van der Waals surface area contributed by atoms with Gasteiger partial charge in [0.25, 0.3) is 0 Å². The maximum Gasteiger partial charge on any atom is 0.416 e. The summed E-state index contributed by atoms with van der Waals surface area (Å²) in [4.78, 5) is 11.9. The number of hydrogen-bond acceptors (Lipinski definition) is 3. The first-order chi connectivity index (χ1) is 9.79. The number of hydrogen-bond donors (Lipinski definition) is 2. The smallest absolute Gasteiger partial charge is 0.416 e. The average Bonchev–Trinajstić information content (AvgIpc) is 2.40. The second-order valence-corrected chi connectivity index (χ2v) is 4.59. The van der Waals surface area contributed by atoms with Gasteiger partial charge in [0, 0.05) is 12.5 Å². The molecule has 0 aliphatic heterocycles. The summed E-state index contributed by atoms with van der Waals surface area (Å²) in [5.74, 6) is -0.529. The number of carbonyl (C=O) groups is 1. The molecule has 1 atom stereocenters. The number of nitrogens with one attached hydrogen (secondary N) is 2. The van der Waals surface area contributed by atoms with Gasteiger partial charge in [0.2, 0.25) is 5.91 Å². The summed E-state index contributed by atoms with van der Waals surface area (Å²) in [5, 5.41) is 5.33. The molecule has 1 unspecified atom stereocenters. The van der Waals surface area contributed by atoms with E-state index in [-0.39, 0.29) is 35.7 Å². The van der Waals surface area contributed by atoms with E-state index >= 15 is 0 Å². The zero-order chi connectivity index (χ0) is 16.0. The predicted molar refractivity (Wildman–Crippen MR) is 81.6 cm³/mol. The van der Waals surface area contributed by atoms with Crippen molar-refractivity contribution in [2.45, 2.75) is 20.0 Å². The van der Waals surface area contributed by atoms with Crippen LogP contribution in [-0.4, -0.2) is 26.1 Å². The molecule has 22 heavy (non-hydrogen) atoms. The third-order valence-corrected chi connectivity index (χ3v) is 2.82. The second kappa shape index (κ2) is 8.85. The first kappa shape index (κ1) is 20.5. The lowest BCUT2D eigenvalue weighted by molar-refractivity contribution is -0.137. The second-order valence-electron chi connectivity index (χ2n) is 4.59. The molecule has 0 aliphatic rings. The van der Waals surface area contributed by atoms with Crippen molar-refractivity contribution in [2.75, 3.05) is 25.5 Å². The first-order valence-electron chi connectivity index (χ1n) is 6.59. The molecule has 0 saturated carbocycles. The number of amides is 1. The molecular formula is C14H20ClF3N2O2. The highest BCUT2D eigenvalue weighted by Crippen LogP contribution is 2.35. The number of alkyl halides is 3. The fraction of sp³-hybridized carbons (Fsp3) is 0.500. The summed E-state index contributed by atoms with van der Waals surface area (Å²) in [6, 6.07) is 3.03. The van der Waals surface area contributed by atoms with Gasteiger partial charge in [-0.25, -0.2) is 0 Å². The van der Waals surface area contributed by atoms with Gasteiger partial charge in [-0.15, -0.1) is 12.4 Å². The Morgan fingerprint density at radius 1 is 1.36 bits per heavy atom. The van der Waals surface area contributed by atoms with Crippen LogP contribution in [0.25, 0.3) is 0 Å². The normalized spacial score (nSPS) is 12.3. The van der Waals surface area contributed by atoms with Gasteiger partial charge in [-0.1, -0.05) is 6.92 Å². The molecule has 0 bridgehead atoms. The minimum absolute atomic E-state index is 0. The molecule has 0 heterocycles. The van der Waals surface area contributed by atoms with Crippen LogP contribution in [0.1, 0.15) is 19.4 Å². The van der Waals surface area contributed by atoms with Crippen molar-refractivity contribution in [3.63, 3.8) is 0 Å². The molecule has 0 aliphatic carbocycles. The Hall–Kier alpha value is -1.47. The quantitative estimate of drug-likeness (QED) is 0.835. The van der Waals surface area contributed by atoms with Crippen molar-refractivity contribution in [3.8, 4) is 5.75 Å². The van der Waals surface area contributed by atoms with Gasteiger partial charge < -0.3 is 15.4 Å². The Morgan fingerprint density at radius 3 is 2.50 bits per heavy atom. The molecule has 0 fully saturated rings. The zero-order valence-corrected chi connectivity index (χ0v) is 13.4. The SMILES string of the molecule is CCOc1ccc(C(F)(F)F)cc1NC(=O)C(C)CNC.Cl. The van der Waals surface area contributed by atoms with Crippen LogP contribution >= 0.6 is 12.4 Å². The van der Waals surface area contributed by atoms with E-state index in [9.17, 15) is 18.0 Å². The number of carbonyl (C=O) groups excluding carboxylic acids is 1. The minimum Gasteiger partial charge on any atom is -0.492 e. The highest BCUT2D eigenvalue weighted by Gasteiger charge is 2.31. The minimum atomic E-state index is -4.47. The third kappa shape index (κ3) is 5.73. The molecule has 0 aromatic heterocycles. The van der Waals surface area contributed by atoms with Crippen molar-refractivity contribution in [3.05, 3.63) is 23.8 Å². The standard InChI is InChI=1S/C14H19F3N2O2.ClH/c1-4-21-12-6-5-10(14(15,16)17)7-11(12)19-13(20)9(2)8-18-3;/h5-7,9,18H,4,8H2,1-3H3,(H,19,20);1H. The van der Waals surface area contributed by atoms with Gasteiger partial charge in [0.05, 0.1) is 17.9 Å². The highest BCUT2D eigenvalue weighted by atomic mass is 35.5. The van der Waals surface area contributed by atoms with Gasteiger partial charge in [-0.3, -0.25) is 4.79 Å². The maximum absolute atomic E-state index is 12.7. The Morgan fingerprint density at radius 2 is 2.00 bits per heavy atom. The summed E-state index contributed by atoms with van der Waals surface area (Å²) >= 11 is 0. The number of benzene rings is 1. The van der Waals surface area contributed by atoms with Crippen molar-refractivity contribution in [1.82, 2.24) is 5.32 Å². The van der Waals surface area contributed by atoms with E-state index < -0.39 is 11.7 Å². The fourth-order valence-electron chi connectivity index (χ4n) is 1.74. The van der Waals surface area contributed by atoms with Gasteiger partial charge >= 0.3 is 6.18 Å². The van der Waals surface area contributed by atoms with E-state index in [2.05, 4.69) is 10.6 Å². The molecule has 1 aromatic carbocycles. The monoisotopic (exact) mass is 340 g/mol. The van der Waals surface area contributed by atoms with E-state index in [1.54, 1.807) is 20.9 Å². The molecule has 0 saturated heterocycles. The van der Waals surface area contributed by atoms with Gasteiger partial charge in [0.15, 0.2) is 0 Å². The highest BCUT2D eigenvalue weighted by molar-refractivity contribution is 5.94. The molecule has 8 heteroatoms. The first-order valence-corrected chi connectivity index (χ1v) is 6.59. The number of rotatable bonds is 6. The maximum atomic E-state index is 12.7. The van der Waals surface area contributed by atoms with Crippen molar-refractivity contribution in [1.29, 1.82) is 0 Å². The molecular weight excluding hydrogens is 321 g/mol. The van der Waals surface area contributed by atoms with Crippen molar-refractivity contribution < 1.29 is 22.7 Å². The molecule has 126 valence electrons. The molecule has 4 nitrogen and oxygen atoms in total. The van der Waals surface area contributed by atoms with Crippen molar-refractivity contribution >= 4 is 24.0 Å². The van der Waals surface area contributed by atoms with Crippen molar-refractivity contribution in [2.24, 2.45) is 5.92 Å². The largest absolute Gasteiger partial charge is 0.492 e. The van der Waals surface area contributed by atoms with Crippen LogP contribution < -0.4 is 15.4 Å². The van der Waals surface area contributed by atoms with Gasteiger partial charge in [-0.2, -0.15) is 13.2 Å². The van der Waals surface area contributed by atoms with E-state index in [0.717, 1.165) is 12.1 Å². The predicted octanol–water partition coefficient (Wildman–Crippen LogP) is 3.32. The van der Waals surface area contributed by atoms with Crippen LogP contribution in [0.15, 0.2) is 18.2 Å². The molecule has 1 rings (SSSR count). The van der Waals surface area contributed by atoms with E-state index in [1.165, 1.54) is 6.07 Å². The Bertz CT molecular complexity index is 495. The van der Waals surface area contributed by atoms with Crippen LogP contribution in [0.2, 0.25) is 0 Å². The molecule has 2 N–H and O–H groups in total. The number of halogens is 4. The van der Waals surface area contributed by atoms with Crippen LogP contribution in [0.5, 0.6) is 5.75 Å². The lowest BCUT2D eigenvalue weighted by Gasteiger charge is -2.16. The average molecular weight is 341 g/mol. The van der Waals surface area contributed by atoms with Crippen LogP contribution in [0.3, 0.4) is 0 Å². The summed E-state index contributed by atoms with van der Waals surface area (Å²) in [6.45, 7) is 4.11. The zero-order valence-electron chi connectivity index (χ0n) is 12.6. The fourth-order valence-corrected chi connectivity index (χ4v) is 1.74. The van der Waals surface area contributed by atoms with Crippen LogP contribution in [-0.2, 0) is 11.0 Å². The number of anilines is 1. The summed E-state index contributed by atoms with van der Waals surface area (Å²) < 4.78 is 43.5. The van der Waals surface area contributed by atoms with E-state index in [1.807, 2.05) is 0 Å². The Labute approximate surface area is 133 Å². The summed E-state index contributed by atoms with van der Waals surface area (Å²) in [6.07, 6.45) is -4.47. The van der Waals surface area contributed by atoms with E-state index in [4.69, 9.17) is 4.74 Å². The van der Waals surface area contributed by atoms with E-state index in [0.29, 0.717) is 13.2 Å². The molecule has 0 radical (unpaired) electrons. The molecule has 1 aromatic rings. The Kier molecular flexibility index (Phi) is 8.26. The van der Waals surface area contributed by atoms with Crippen LogP contribution in [0.4, 0.5) is 18.9 Å². The Balaban J connectivity index is 0.00000441. The lowest BCUT2D eigenvalue weighted by atomic mass is 10.1. The topological polar surface area (TPSA) is 50.4 Å². The molecule has 1 amide bonds. The molecule has 0 spiro atoms.